The van der Waals surface area contributed by atoms with Crippen molar-refractivity contribution in [2.24, 2.45) is 21.6 Å². The minimum atomic E-state index is -0.132. The van der Waals surface area contributed by atoms with Gasteiger partial charge in [0, 0.05) is 23.7 Å². The average Bonchev–Trinajstić information content (AvgIpc) is 3.12. The second kappa shape index (κ2) is 7.30. The quantitative estimate of drug-likeness (QED) is 0.841. The molecule has 4 aliphatic rings. The van der Waals surface area contributed by atoms with E-state index in [0.29, 0.717) is 18.4 Å². The summed E-state index contributed by atoms with van der Waals surface area (Å²) in [4.78, 5) is 11.9. The van der Waals surface area contributed by atoms with Gasteiger partial charge in [0.15, 0.2) is 0 Å². The molecule has 2 aliphatic carbocycles. The third kappa shape index (κ3) is 3.23. The number of fused-ring (bicyclic) bond motifs is 1. The van der Waals surface area contributed by atoms with Crippen molar-refractivity contribution in [1.29, 1.82) is 0 Å². The first kappa shape index (κ1) is 18.4. The molecule has 0 radical (unpaired) electrons. The molecule has 1 aromatic rings. The molecule has 5 heteroatoms. The van der Waals surface area contributed by atoms with Crippen LogP contribution in [0.3, 0.4) is 0 Å². The lowest BCUT2D eigenvalue weighted by atomic mass is 9.72. The van der Waals surface area contributed by atoms with E-state index in [2.05, 4.69) is 64.7 Å². The van der Waals surface area contributed by atoms with Crippen LogP contribution < -0.4 is 5.73 Å². The smallest absolute Gasteiger partial charge is 0.229 e. The maximum atomic E-state index is 6.52. The number of hydrogen-bond acceptors (Lipinski definition) is 5. The van der Waals surface area contributed by atoms with Crippen LogP contribution in [0.15, 0.2) is 70.8 Å². The highest BCUT2D eigenvalue weighted by Crippen LogP contribution is 2.42. The van der Waals surface area contributed by atoms with Crippen molar-refractivity contribution < 1.29 is 4.74 Å². The van der Waals surface area contributed by atoms with Gasteiger partial charge in [0.05, 0.1) is 12.6 Å². The predicted octanol–water partition coefficient (Wildman–Crippen LogP) is 4.20. The zero-order valence-corrected chi connectivity index (χ0v) is 16.9. The summed E-state index contributed by atoms with van der Waals surface area (Å²) in [7, 11) is 0. The Kier molecular flexibility index (Phi) is 4.63. The van der Waals surface area contributed by atoms with Gasteiger partial charge in [-0.15, -0.1) is 0 Å². The van der Waals surface area contributed by atoms with E-state index in [-0.39, 0.29) is 17.6 Å². The second-order valence-corrected chi connectivity index (χ2v) is 8.31. The summed E-state index contributed by atoms with van der Waals surface area (Å²) in [5.74, 6) is 1.76. The van der Waals surface area contributed by atoms with Crippen molar-refractivity contribution in [3.8, 4) is 0 Å². The fourth-order valence-corrected chi connectivity index (χ4v) is 4.74. The van der Waals surface area contributed by atoms with E-state index >= 15 is 0 Å². The van der Waals surface area contributed by atoms with Gasteiger partial charge < -0.3 is 15.4 Å². The van der Waals surface area contributed by atoms with Gasteiger partial charge in [0.25, 0.3) is 0 Å². The summed E-state index contributed by atoms with van der Waals surface area (Å²) in [6.45, 7) is 2.57. The largest absolute Gasteiger partial charge is 0.478 e. The molecule has 1 aromatic carbocycles. The van der Waals surface area contributed by atoms with Crippen LogP contribution in [-0.2, 0) is 10.3 Å². The Bertz CT molecular complexity index is 921. The van der Waals surface area contributed by atoms with E-state index < -0.39 is 0 Å². The van der Waals surface area contributed by atoms with E-state index in [1.807, 2.05) is 13.0 Å². The molecule has 0 saturated heterocycles. The van der Waals surface area contributed by atoms with Gasteiger partial charge in [-0.25, -0.2) is 4.99 Å². The van der Waals surface area contributed by atoms with Gasteiger partial charge in [-0.3, -0.25) is 0 Å². The van der Waals surface area contributed by atoms with Crippen LogP contribution in [0.4, 0.5) is 0 Å². The summed E-state index contributed by atoms with van der Waals surface area (Å²) < 4.78 is 5.60. The topological polar surface area (TPSA) is 63.2 Å². The van der Waals surface area contributed by atoms with Crippen molar-refractivity contribution in [1.82, 2.24) is 4.90 Å². The maximum Gasteiger partial charge on any atom is 0.229 e. The molecule has 0 aromatic heterocycles. The monoisotopic (exact) mass is 388 g/mol. The molecule has 1 fully saturated rings. The highest BCUT2D eigenvalue weighted by Gasteiger charge is 2.42. The Morgan fingerprint density at radius 3 is 2.69 bits per heavy atom. The van der Waals surface area contributed by atoms with Crippen molar-refractivity contribution in [3.63, 3.8) is 0 Å². The van der Waals surface area contributed by atoms with E-state index in [1.165, 1.54) is 17.5 Å². The molecule has 0 bridgehead atoms. The summed E-state index contributed by atoms with van der Waals surface area (Å²) >= 11 is 0. The maximum absolute atomic E-state index is 6.52. The van der Waals surface area contributed by atoms with Gasteiger partial charge in [0.1, 0.15) is 6.04 Å². The highest BCUT2D eigenvalue weighted by atomic mass is 16.5. The van der Waals surface area contributed by atoms with Crippen molar-refractivity contribution >= 4 is 11.9 Å². The summed E-state index contributed by atoms with van der Waals surface area (Å²) in [6.07, 6.45) is 17.2. The van der Waals surface area contributed by atoms with Gasteiger partial charge in [-0.1, -0.05) is 48.6 Å². The Balaban J connectivity index is 1.48. The van der Waals surface area contributed by atoms with Gasteiger partial charge >= 0.3 is 0 Å². The molecule has 1 saturated carbocycles. The molecule has 2 heterocycles. The van der Waals surface area contributed by atoms with Gasteiger partial charge in [0.2, 0.25) is 11.9 Å². The predicted molar refractivity (Wildman–Crippen MR) is 117 cm³/mol. The zero-order chi connectivity index (χ0) is 19.8. The number of allylic oxidation sites excluding steroid dienone is 3. The van der Waals surface area contributed by atoms with Crippen LogP contribution >= 0.6 is 0 Å². The fraction of sp³-hybridized carbons (Fsp3) is 0.417. The number of hydrogen-bond donors (Lipinski definition) is 1. The van der Waals surface area contributed by atoms with Crippen molar-refractivity contribution in [2.45, 2.75) is 50.2 Å². The van der Waals surface area contributed by atoms with Crippen LogP contribution in [-0.4, -0.2) is 29.4 Å². The number of rotatable bonds is 4. The molecule has 3 unspecified atom stereocenters. The van der Waals surface area contributed by atoms with Gasteiger partial charge in [-0.05, 0) is 43.7 Å². The number of benzene rings is 1. The molecule has 2 aliphatic heterocycles. The number of aliphatic imine (C=N–C) groups is 2. The van der Waals surface area contributed by atoms with E-state index in [1.54, 1.807) is 0 Å². The lowest BCUT2D eigenvalue weighted by Crippen LogP contribution is -2.43. The minimum absolute atomic E-state index is 0.0321. The van der Waals surface area contributed by atoms with Crippen LogP contribution in [0.5, 0.6) is 0 Å². The number of guanidine groups is 1. The molecule has 29 heavy (non-hydrogen) atoms. The molecular formula is C24H28N4O. The normalized spacial score (nSPS) is 29.2. The third-order valence-corrected chi connectivity index (χ3v) is 6.54. The first-order valence-electron chi connectivity index (χ1n) is 10.7. The van der Waals surface area contributed by atoms with E-state index in [9.17, 15) is 0 Å². The lowest BCUT2D eigenvalue weighted by molar-refractivity contribution is 0.253. The summed E-state index contributed by atoms with van der Waals surface area (Å²) in [5, 5.41) is 0. The second-order valence-electron chi connectivity index (χ2n) is 8.31. The SMILES string of the molecule is CCOC1=NC2=NC(c3ccc(C4(N)CCC4)cc3)C(C3C=CC=CC3)N2C=C1. The number of nitrogens with zero attached hydrogens (tertiary/aromatic N) is 3. The third-order valence-electron chi connectivity index (χ3n) is 6.54. The molecule has 150 valence electrons. The van der Waals surface area contributed by atoms with Crippen molar-refractivity contribution in [3.05, 3.63) is 72.0 Å². The summed E-state index contributed by atoms with van der Waals surface area (Å²) in [6, 6.07) is 9.05. The lowest BCUT2D eigenvalue weighted by Gasteiger charge is -2.39. The molecule has 0 spiro atoms. The first-order chi connectivity index (χ1) is 14.2. The summed E-state index contributed by atoms with van der Waals surface area (Å²) in [5.41, 5.74) is 8.84. The molecule has 3 atom stereocenters. The Morgan fingerprint density at radius 2 is 2.03 bits per heavy atom. The molecule has 5 rings (SSSR count). The first-order valence-corrected chi connectivity index (χ1v) is 10.7. The fourth-order valence-electron chi connectivity index (χ4n) is 4.74. The zero-order valence-electron chi connectivity index (χ0n) is 16.9. The van der Waals surface area contributed by atoms with Crippen LogP contribution in [0.25, 0.3) is 0 Å². The molecular weight excluding hydrogens is 360 g/mol. The minimum Gasteiger partial charge on any atom is -0.478 e. The van der Waals surface area contributed by atoms with Crippen LogP contribution in [0.2, 0.25) is 0 Å². The highest BCUT2D eigenvalue weighted by molar-refractivity contribution is 6.02. The standard InChI is InChI=1S/C24H28N4O/c1-2-29-20-13-16-28-22(18-7-4-3-5-8-18)21(27-23(28)26-20)17-9-11-19(12-10-17)24(25)14-6-15-24/h3-5,7,9-13,16,18,21-22H,2,6,8,14-15,25H2,1H3. The molecule has 0 amide bonds. The Hall–Kier alpha value is -2.66. The van der Waals surface area contributed by atoms with Crippen LogP contribution in [0, 0.1) is 5.92 Å². The Labute approximate surface area is 172 Å². The number of nitrogens with two attached hydrogens (primary N) is 1. The average molecular weight is 389 g/mol. The van der Waals surface area contributed by atoms with Gasteiger partial charge in [-0.2, -0.15) is 4.99 Å². The van der Waals surface area contributed by atoms with E-state index in [4.69, 9.17) is 15.5 Å². The molecule has 2 N–H and O–H groups in total. The molecule has 5 nitrogen and oxygen atoms in total. The Morgan fingerprint density at radius 1 is 1.21 bits per heavy atom. The van der Waals surface area contributed by atoms with E-state index in [0.717, 1.165) is 25.2 Å². The number of ether oxygens (including phenoxy) is 1. The van der Waals surface area contributed by atoms with Crippen LogP contribution in [0.1, 0.15) is 49.8 Å². The van der Waals surface area contributed by atoms with Crippen molar-refractivity contribution in [2.75, 3.05) is 6.61 Å².